The number of rotatable bonds is 5. The van der Waals surface area contributed by atoms with Gasteiger partial charge in [0.05, 0.1) is 12.7 Å². The van der Waals surface area contributed by atoms with Crippen molar-refractivity contribution >= 4 is 10.0 Å². The molecule has 0 unspecified atom stereocenters. The molecule has 98 valence electrons. The van der Waals surface area contributed by atoms with Crippen LogP contribution in [0.1, 0.15) is 11.3 Å². The Balaban J connectivity index is 2.07. The van der Waals surface area contributed by atoms with Crippen molar-refractivity contribution in [2.45, 2.75) is 18.2 Å². The summed E-state index contributed by atoms with van der Waals surface area (Å²) in [6.45, 7) is 0.326. The standard InChI is InChI=1S/C10H14N4O3S/c1-14-7-8(5-12-14)6-13-18(15,16)10-3-2-9(4-11)17-10/h2-3,5,7,13H,4,6,11H2,1H3. The fourth-order valence-corrected chi connectivity index (χ4v) is 2.39. The molecule has 0 aliphatic rings. The van der Waals surface area contributed by atoms with Crippen LogP contribution in [0.2, 0.25) is 0 Å². The molecule has 0 aromatic carbocycles. The second kappa shape index (κ2) is 4.92. The number of nitrogens with zero attached hydrogens (tertiary/aromatic N) is 2. The molecule has 0 saturated heterocycles. The lowest BCUT2D eigenvalue weighted by Gasteiger charge is -2.02. The summed E-state index contributed by atoms with van der Waals surface area (Å²) in [6, 6.07) is 2.92. The molecular formula is C10H14N4O3S. The van der Waals surface area contributed by atoms with Gasteiger partial charge in [-0.3, -0.25) is 4.68 Å². The fourth-order valence-electron chi connectivity index (χ4n) is 1.43. The van der Waals surface area contributed by atoms with Crippen LogP contribution in [0.4, 0.5) is 0 Å². The number of sulfonamides is 1. The van der Waals surface area contributed by atoms with Gasteiger partial charge in [0.2, 0.25) is 5.09 Å². The third kappa shape index (κ3) is 2.78. The van der Waals surface area contributed by atoms with Gasteiger partial charge in [-0.25, -0.2) is 13.1 Å². The zero-order valence-electron chi connectivity index (χ0n) is 9.83. The Morgan fingerprint density at radius 2 is 2.28 bits per heavy atom. The van der Waals surface area contributed by atoms with E-state index in [1.165, 1.54) is 6.07 Å². The summed E-state index contributed by atoms with van der Waals surface area (Å²) in [5, 5.41) is 3.82. The molecule has 2 aromatic heterocycles. The molecule has 8 heteroatoms. The number of hydrogen-bond acceptors (Lipinski definition) is 5. The topological polar surface area (TPSA) is 103 Å². The van der Waals surface area contributed by atoms with Gasteiger partial charge in [0.15, 0.2) is 0 Å². The number of aromatic nitrogens is 2. The van der Waals surface area contributed by atoms with E-state index in [2.05, 4.69) is 9.82 Å². The van der Waals surface area contributed by atoms with E-state index < -0.39 is 10.0 Å². The van der Waals surface area contributed by atoms with Crippen molar-refractivity contribution in [1.82, 2.24) is 14.5 Å². The van der Waals surface area contributed by atoms with Gasteiger partial charge in [-0.1, -0.05) is 0 Å². The Labute approximate surface area is 105 Å². The van der Waals surface area contributed by atoms with Crippen molar-refractivity contribution in [1.29, 1.82) is 0 Å². The summed E-state index contributed by atoms with van der Waals surface area (Å²) in [7, 11) is -1.89. The van der Waals surface area contributed by atoms with Crippen LogP contribution in [0.5, 0.6) is 0 Å². The van der Waals surface area contributed by atoms with Crippen LogP contribution in [0.3, 0.4) is 0 Å². The van der Waals surface area contributed by atoms with Gasteiger partial charge in [0.1, 0.15) is 5.76 Å². The molecule has 2 heterocycles. The molecule has 3 N–H and O–H groups in total. The maximum atomic E-state index is 11.9. The number of furan rings is 1. The molecule has 0 spiro atoms. The van der Waals surface area contributed by atoms with E-state index in [9.17, 15) is 8.42 Å². The minimum atomic E-state index is -3.65. The van der Waals surface area contributed by atoms with Crippen molar-refractivity contribution in [3.63, 3.8) is 0 Å². The predicted molar refractivity (Wildman–Crippen MR) is 63.8 cm³/mol. The number of hydrogen-bond donors (Lipinski definition) is 2. The summed E-state index contributed by atoms with van der Waals surface area (Å²) in [6.07, 6.45) is 3.33. The van der Waals surface area contributed by atoms with Crippen molar-refractivity contribution in [3.05, 3.63) is 35.9 Å². The van der Waals surface area contributed by atoms with Gasteiger partial charge < -0.3 is 10.2 Å². The van der Waals surface area contributed by atoms with E-state index in [4.69, 9.17) is 10.2 Å². The smallest absolute Gasteiger partial charge is 0.274 e. The normalized spacial score (nSPS) is 11.9. The lowest BCUT2D eigenvalue weighted by Crippen LogP contribution is -2.22. The first-order valence-electron chi connectivity index (χ1n) is 5.27. The van der Waals surface area contributed by atoms with E-state index in [1.54, 1.807) is 30.2 Å². The Hall–Kier alpha value is -1.64. The van der Waals surface area contributed by atoms with E-state index >= 15 is 0 Å². The van der Waals surface area contributed by atoms with Crippen LogP contribution >= 0.6 is 0 Å². The van der Waals surface area contributed by atoms with Gasteiger partial charge in [-0.05, 0) is 12.1 Å². The van der Waals surface area contributed by atoms with Gasteiger partial charge in [0, 0.05) is 25.4 Å². The lowest BCUT2D eigenvalue weighted by atomic mass is 10.4. The van der Waals surface area contributed by atoms with Gasteiger partial charge in [0.25, 0.3) is 10.0 Å². The largest absolute Gasteiger partial charge is 0.447 e. The molecule has 0 fully saturated rings. The highest BCUT2D eigenvalue weighted by Crippen LogP contribution is 2.13. The highest BCUT2D eigenvalue weighted by atomic mass is 32.2. The minimum absolute atomic E-state index is 0.133. The Kier molecular flexibility index (Phi) is 3.50. The van der Waals surface area contributed by atoms with Crippen LogP contribution < -0.4 is 10.5 Å². The predicted octanol–water partition coefficient (Wildman–Crippen LogP) is -0.0497. The zero-order valence-corrected chi connectivity index (χ0v) is 10.6. The average Bonchev–Trinajstić information content (AvgIpc) is 2.95. The SMILES string of the molecule is Cn1cc(CNS(=O)(=O)c2ccc(CN)o2)cn1. The monoisotopic (exact) mass is 270 g/mol. The maximum Gasteiger partial charge on any atom is 0.274 e. The molecule has 0 aliphatic heterocycles. The second-order valence-electron chi connectivity index (χ2n) is 3.77. The first-order chi connectivity index (χ1) is 8.51. The molecule has 2 aromatic rings. The van der Waals surface area contributed by atoms with E-state index in [1.807, 2.05) is 0 Å². The molecular weight excluding hydrogens is 256 g/mol. The summed E-state index contributed by atoms with van der Waals surface area (Å²) in [5.74, 6) is 0.428. The quantitative estimate of drug-likeness (QED) is 0.793. The molecule has 7 nitrogen and oxygen atoms in total. The first-order valence-corrected chi connectivity index (χ1v) is 6.75. The summed E-state index contributed by atoms with van der Waals surface area (Å²) < 4.78 is 32.9. The second-order valence-corrected chi connectivity index (χ2v) is 5.47. The van der Waals surface area contributed by atoms with Crippen molar-refractivity contribution < 1.29 is 12.8 Å². The van der Waals surface area contributed by atoms with Gasteiger partial charge in [-0.15, -0.1) is 0 Å². The lowest BCUT2D eigenvalue weighted by molar-refractivity contribution is 0.413. The number of nitrogens with two attached hydrogens (primary N) is 1. The zero-order chi connectivity index (χ0) is 13.2. The van der Waals surface area contributed by atoms with Crippen LogP contribution in [0.15, 0.2) is 34.0 Å². The Morgan fingerprint density at radius 1 is 1.50 bits per heavy atom. The summed E-state index contributed by atoms with van der Waals surface area (Å²) in [5.41, 5.74) is 6.12. The van der Waals surface area contributed by atoms with Gasteiger partial charge in [-0.2, -0.15) is 5.10 Å². The molecule has 18 heavy (non-hydrogen) atoms. The maximum absolute atomic E-state index is 11.9. The van der Waals surface area contributed by atoms with Crippen molar-refractivity contribution in [2.24, 2.45) is 12.8 Å². The van der Waals surface area contributed by atoms with E-state index in [0.29, 0.717) is 5.76 Å². The van der Waals surface area contributed by atoms with E-state index in [-0.39, 0.29) is 18.2 Å². The number of aryl methyl sites for hydroxylation is 1. The number of nitrogens with one attached hydrogen (secondary N) is 1. The van der Waals surface area contributed by atoms with Crippen LogP contribution in [0, 0.1) is 0 Å². The van der Waals surface area contributed by atoms with Crippen molar-refractivity contribution in [2.75, 3.05) is 0 Å². The summed E-state index contributed by atoms with van der Waals surface area (Å²) in [4.78, 5) is 0. The molecule has 0 radical (unpaired) electrons. The van der Waals surface area contributed by atoms with Crippen LogP contribution in [-0.2, 0) is 30.2 Å². The third-order valence-corrected chi connectivity index (χ3v) is 3.60. The highest BCUT2D eigenvalue weighted by molar-refractivity contribution is 7.89. The molecule has 0 atom stereocenters. The molecule has 0 bridgehead atoms. The molecule has 0 saturated carbocycles. The fraction of sp³-hybridized carbons (Fsp3) is 0.300. The minimum Gasteiger partial charge on any atom is -0.447 e. The van der Waals surface area contributed by atoms with Crippen LogP contribution in [0.25, 0.3) is 0 Å². The van der Waals surface area contributed by atoms with Crippen LogP contribution in [-0.4, -0.2) is 18.2 Å². The first kappa shape index (κ1) is 12.8. The molecule has 2 rings (SSSR count). The van der Waals surface area contributed by atoms with Crippen molar-refractivity contribution in [3.8, 4) is 0 Å². The summed E-state index contributed by atoms with van der Waals surface area (Å²) >= 11 is 0. The molecule has 0 aliphatic carbocycles. The van der Waals surface area contributed by atoms with Gasteiger partial charge >= 0.3 is 0 Å². The van der Waals surface area contributed by atoms with E-state index in [0.717, 1.165) is 5.56 Å². The average molecular weight is 270 g/mol. The Morgan fingerprint density at radius 3 is 2.83 bits per heavy atom. The third-order valence-electron chi connectivity index (χ3n) is 2.33. The highest BCUT2D eigenvalue weighted by Gasteiger charge is 2.18. The molecule has 0 amide bonds. The Bertz CT molecular complexity index is 629.